The number of halogens is 1. The van der Waals surface area contributed by atoms with Crippen molar-refractivity contribution in [3.8, 4) is 11.5 Å². The van der Waals surface area contributed by atoms with Gasteiger partial charge in [-0.3, -0.25) is 9.80 Å². The second-order valence-electron chi connectivity index (χ2n) is 8.00. The second-order valence-corrected chi connectivity index (χ2v) is 8.00. The molecule has 4 N–H and O–H groups in total. The summed E-state index contributed by atoms with van der Waals surface area (Å²) in [5.74, 6) is 6.90. The number of benzene rings is 2. The number of nitrogens with two attached hydrogens (primary N) is 2. The maximum atomic E-state index is 14.5. The summed E-state index contributed by atoms with van der Waals surface area (Å²) in [6.07, 6.45) is 1.37. The Hall–Kier alpha value is -3.26. The number of methoxy groups -OCH3 is 1. The highest BCUT2D eigenvalue weighted by molar-refractivity contribution is 5.69. The molecule has 0 aliphatic carbocycles. The molecule has 0 saturated heterocycles. The van der Waals surface area contributed by atoms with E-state index in [2.05, 4.69) is 0 Å². The molecular formula is C25H34FN3O4. The van der Waals surface area contributed by atoms with Crippen LogP contribution in [-0.4, -0.2) is 26.3 Å². The normalized spacial score (nSPS) is 11.7. The molecule has 0 saturated carbocycles. The molecule has 2 aromatic rings. The minimum absolute atomic E-state index is 0.0721. The van der Waals surface area contributed by atoms with E-state index in [9.17, 15) is 9.18 Å². The highest BCUT2D eigenvalue weighted by atomic mass is 19.1. The van der Waals surface area contributed by atoms with E-state index >= 15 is 0 Å². The van der Waals surface area contributed by atoms with Gasteiger partial charge < -0.3 is 19.9 Å². The molecule has 7 nitrogen and oxygen atoms in total. The number of anilines is 1. The quantitative estimate of drug-likeness (QED) is 0.277. The fourth-order valence-corrected chi connectivity index (χ4v) is 3.24. The van der Waals surface area contributed by atoms with E-state index < -0.39 is 5.82 Å². The predicted octanol–water partition coefficient (Wildman–Crippen LogP) is 4.31. The van der Waals surface area contributed by atoms with Crippen LogP contribution in [0, 0.1) is 11.7 Å². The van der Waals surface area contributed by atoms with Crippen molar-refractivity contribution >= 4 is 11.7 Å². The minimum Gasteiger partial charge on any atom is -0.497 e. The smallest absolute Gasteiger partial charge is 0.306 e. The first-order valence-electron chi connectivity index (χ1n) is 11.0. The van der Waals surface area contributed by atoms with Gasteiger partial charge in [0.2, 0.25) is 0 Å². The largest absolute Gasteiger partial charge is 0.497 e. The maximum Gasteiger partial charge on any atom is 0.306 e. The van der Waals surface area contributed by atoms with E-state index in [0.717, 1.165) is 5.56 Å². The van der Waals surface area contributed by atoms with Crippen LogP contribution in [0.5, 0.6) is 11.5 Å². The van der Waals surface area contributed by atoms with Crippen LogP contribution in [0.15, 0.2) is 53.9 Å². The summed E-state index contributed by atoms with van der Waals surface area (Å²) in [5.41, 5.74) is 8.43. The van der Waals surface area contributed by atoms with Gasteiger partial charge in [0, 0.05) is 12.5 Å². The van der Waals surface area contributed by atoms with Gasteiger partial charge in [0.05, 0.1) is 30.8 Å². The Labute approximate surface area is 195 Å². The first-order valence-corrected chi connectivity index (χ1v) is 11.0. The van der Waals surface area contributed by atoms with E-state index in [1.54, 1.807) is 6.92 Å². The van der Waals surface area contributed by atoms with Crippen LogP contribution in [-0.2, 0) is 16.0 Å². The van der Waals surface area contributed by atoms with Gasteiger partial charge in [0.1, 0.15) is 23.9 Å². The highest BCUT2D eigenvalue weighted by Crippen LogP contribution is 2.28. The molecule has 0 amide bonds. The number of hydrazine groups is 1. The van der Waals surface area contributed by atoms with Crippen molar-refractivity contribution in [2.45, 2.75) is 40.0 Å². The molecule has 8 heteroatoms. The molecule has 0 aliphatic rings. The number of hydrogen-bond donors (Lipinski definition) is 2. The molecule has 0 aliphatic heterocycles. The fourth-order valence-electron chi connectivity index (χ4n) is 3.24. The Morgan fingerprint density at radius 2 is 1.91 bits per heavy atom. The lowest BCUT2D eigenvalue weighted by Crippen LogP contribution is -2.35. The first kappa shape index (κ1) is 26.0. The molecule has 0 bridgehead atoms. The van der Waals surface area contributed by atoms with Crippen LogP contribution in [0.3, 0.4) is 0 Å². The zero-order chi connectivity index (χ0) is 24.4. The third-order valence-corrected chi connectivity index (χ3v) is 4.89. The van der Waals surface area contributed by atoms with Crippen molar-refractivity contribution in [3.05, 3.63) is 65.2 Å². The number of rotatable bonds is 12. The number of ether oxygens (including phenoxy) is 3. The van der Waals surface area contributed by atoms with E-state index in [1.165, 1.54) is 30.3 Å². The van der Waals surface area contributed by atoms with Crippen molar-refractivity contribution in [2.75, 3.05) is 25.3 Å². The molecule has 0 fully saturated rings. The Morgan fingerprint density at radius 1 is 1.15 bits per heavy atom. The number of aryl methyl sites for hydroxylation is 1. The lowest BCUT2D eigenvalue weighted by molar-refractivity contribution is -0.143. The Morgan fingerprint density at radius 3 is 2.58 bits per heavy atom. The fraction of sp³-hybridized carbons (Fsp3) is 0.400. The Kier molecular flexibility index (Phi) is 10.00. The van der Waals surface area contributed by atoms with E-state index in [1.807, 2.05) is 38.1 Å². The van der Waals surface area contributed by atoms with Crippen LogP contribution in [0.2, 0.25) is 0 Å². The summed E-state index contributed by atoms with van der Waals surface area (Å²) in [4.78, 5) is 11.6. The van der Waals surface area contributed by atoms with Gasteiger partial charge >= 0.3 is 5.97 Å². The van der Waals surface area contributed by atoms with Crippen LogP contribution < -0.4 is 26.1 Å². The second kappa shape index (κ2) is 12.7. The number of carbonyl (C=O) groups is 1. The number of hydrogen-bond acceptors (Lipinski definition) is 7. The minimum atomic E-state index is -0.484. The van der Waals surface area contributed by atoms with Gasteiger partial charge in [-0.2, -0.15) is 0 Å². The van der Waals surface area contributed by atoms with Crippen molar-refractivity contribution in [1.29, 1.82) is 0 Å². The van der Waals surface area contributed by atoms with Crippen molar-refractivity contribution in [1.82, 2.24) is 0 Å². The molecule has 2 rings (SSSR count). The SMILES string of the molecule is CCOC(=O)CCc1cccc(OC/C(N)=C(\CC(C)C)N(N)c2cc(OC)ccc2F)c1. The predicted molar refractivity (Wildman–Crippen MR) is 127 cm³/mol. The van der Waals surface area contributed by atoms with E-state index in [4.69, 9.17) is 25.8 Å². The zero-order valence-electron chi connectivity index (χ0n) is 19.8. The first-order chi connectivity index (χ1) is 15.7. The van der Waals surface area contributed by atoms with Crippen LogP contribution in [0.25, 0.3) is 0 Å². The highest BCUT2D eigenvalue weighted by Gasteiger charge is 2.18. The monoisotopic (exact) mass is 459 g/mol. The molecular weight excluding hydrogens is 425 g/mol. The van der Waals surface area contributed by atoms with Crippen LogP contribution in [0.1, 0.15) is 39.2 Å². The molecule has 180 valence electrons. The lowest BCUT2D eigenvalue weighted by Gasteiger charge is -2.26. The average Bonchev–Trinajstić information content (AvgIpc) is 2.80. The summed E-state index contributed by atoms with van der Waals surface area (Å²) in [6.45, 7) is 6.27. The van der Waals surface area contributed by atoms with E-state index in [-0.39, 0.29) is 24.2 Å². The summed E-state index contributed by atoms with van der Waals surface area (Å²) in [7, 11) is 1.51. The Bertz CT molecular complexity index is 962. The lowest BCUT2D eigenvalue weighted by atomic mass is 10.1. The molecule has 0 aromatic heterocycles. The van der Waals surface area contributed by atoms with Crippen LogP contribution >= 0.6 is 0 Å². The van der Waals surface area contributed by atoms with Gasteiger partial charge in [-0.15, -0.1) is 0 Å². The topological polar surface area (TPSA) is 100 Å². The summed E-state index contributed by atoms with van der Waals surface area (Å²) < 4.78 is 30.5. The van der Waals surface area contributed by atoms with Crippen molar-refractivity contribution in [2.24, 2.45) is 17.5 Å². The number of carbonyl (C=O) groups excluding carboxylic acids is 1. The molecule has 0 heterocycles. The van der Waals surface area contributed by atoms with Crippen LogP contribution in [0.4, 0.5) is 10.1 Å². The zero-order valence-corrected chi connectivity index (χ0v) is 19.8. The molecule has 0 radical (unpaired) electrons. The van der Waals surface area contributed by atoms with Gasteiger partial charge in [-0.05, 0) is 55.5 Å². The van der Waals surface area contributed by atoms with E-state index in [0.29, 0.717) is 48.8 Å². The molecule has 2 aromatic carbocycles. The molecule has 0 atom stereocenters. The van der Waals surface area contributed by atoms with Gasteiger partial charge in [-0.25, -0.2) is 10.2 Å². The summed E-state index contributed by atoms with van der Waals surface area (Å²) in [5, 5.41) is 1.26. The third kappa shape index (κ3) is 7.98. The third-order valence-electron chi connectivity index (χ3n) is 4.89. The standard InChI is InChI=1S/C25H34FN3O4/c1-5-32-25(30)12-9-18-7-6-8-20(14-18)33-16-22(27)24(13-17(2)3)29(28)23-15-19(31-4)10-11-21(23)26/h6-8,10-11,14-15,17H,5,9,12-13,16,27-28H2,1-4H3/b24-22-. The van der Waals surface area contributed by atoms with Gasteiger partial charge in [0.15, 0.2) is 0 Å². The summed E-state index contributed by atoms with van der Waals surface area (Å²) >= 11 is 0. The molecule has 0 spiro atoms. The number of esters is 1. The van der Waals surface area contributed by atoms with Gasteiger partial charge in [0.25, 0.3) is 0 Å². The Balaban J connectivity index is 2.18. The maximum absolute atomic E-state index is 14.5. The van der Waals surface area contributed by atoms with Crippen molar-refractivity contribution < 1.29 is 23.4 Å². The molecule has 0 unspecified atom stereocenters. The average molecular weight is 460 g/mol. The molecule has 33 heavy (non-hydrogen) atoms. The number of allylic oxidation sites excluding steroid dienone is 1. The van der Waals surface area contributed by atoms with Crippen molar-refractivity contribution in [3.63, 3.8) is 0 Å². The number of nitrogens with zero attached hydrogens (tertiary/aromatic N) is 1. The summed E-state index contributed by atoms with van der Waals surface area (Å²) in [6, 6.07) is 11.8. The van der Waals surface area contributed by atoms with Gasteiger partial charge in [-0.1, -0.05) is 26.0 Å².